The summed E-state index contributed by atoms with van der Waals surface area (Å²) in [4.78, 5) is 11.4. The Kier molecular flexibility index (Phi) is 3.09. The lowest BCUT2D eigenvalue weighted by atomic mass is 9.51. The van der Waals surface area contributed by atoms with E-state index in [2.05, 4.69) is 6.08 Å². The quantitative estimate of drug-likeness (QED) is 0.438. The highest BCUT2D eigenvalue weighted by Crippen LogP contribution is 2.71. The van der Waals surface area contributed by atoms with Gasteiger partial charge in [0.25, 0.3) is 0 Å². The van der Waals surface area contributed by atoms with E-state index in [4.69, 9.17) is 14.2 Å². The monoisotopic (exact) mass is 324 g/mol. The van der Waals surface area contributed by atoms with Gasteiger partial charge in [0.05, 0.1) is 18.8 Å². The van der Waals surface area contributed by atoms with Crippen LogP contribution in [-0.4, -0.2) is 59.4 Å². The number of fused-ring (bicyclic) bond motifs is 2. The van der Waals surface area contributed by atoms with Crippen molar-refractivity contribution in [1.29, 1.82) is 0 Å². The summed E-state index contributed by atoms with van der Waals surface area (Å²) in [5, 5.41) is 21.4. The van der Waals surface area contributed by atoms with E-state index in [1.54, 1.807) is 0 Å². The van der Waals surface area contributed by atoms with E-state index in [0.29, 0.717) is 6.61 Å². The van der Waals surface area contributed by atoms with Gasteiger partial charge in [0, 0.05) is 17.8 Å². The number of carbonyl (C=O) groups excluding carboxylic acids is 1. The SMILES string of the molecule is CC(=O)OC[C@]12CCC(C)=C[C@H]1O[C@@H]1C(O)C(O)[C@@]2(C)[C@]12CO2. The number of allylic oxidation sites excluding steroid dienone is 1. The van der Waals surface area contributed by atoms with Crippen LogP contribution >= 0.6 is 0 Å². The number of carbonyl (C=O) groups is 1. The molecule has 3 fully saturated rings. The molecule has 2 aliphatic carbocycles. The van der Waals surface area contributed by atoms with Crippen molar-refractivity contribution in [3.63, 3.8) is 0 Å². The molecule has 0 radical (unpaired) electrons. The molecule has 2 N–H and O–H groups in total. The van der Waals surface area contributed by atoms with Crippen molar-refractivity contribution in [2.75, 3.05) is 13.2 Å². The molecule has 6 heteroatoms. The van der Waals surface area contributed by atoms with Crippen LogP contribution in [0.4, 0.5) is 0 Å². The topological polar surface area (TPSA) is 88.5 Å². The lowest BCUT2D eigenvalue weighted by Crippen LogP contribution is -2.66. The fourth-order valence-corrected chi connectivity index (χ4v) is 5.26. The van der Waals surface area contributed by atoms with Crippen LogP contribution in [0.25, 0.3) is 0 Å². The summed E-state index contributed by atoms with van der Waals surface area (Å²) in [5.41, 5.74) is -0.781. The van der Waals surface area contributed by atoms with E-state index in [1.165, 1.54) is 12.5 Å². The Bertz CT molecular complexity index is 582. The predicted octanol–water partition coefficient (Wildman–Crippen LogP) is 0.554. The maximum atomic E-state index is 11.4. The summed E-state index contributed by atoms with van der Waals surface area (Å²) in [6.07, 6.45) is 0.829. The van der Waals surface area contributed by atoms with Crippen molar-refractivity contribution in [2.24, 2.45) is 10.8 Å². The van der Waals surface area contributed by atoms with Crippen LogP contribution in [0.2, 0.25) is 0 Å². The first kappa shape index (κ1) is 15.6. The van der Waals surface area contributed by atoms with E-state index in [9.17, 15) is 15.0 Å². The summed E-state index contributed by atoms with van der Waals surface area (Å²) in [6, 6.07) is 0. The zero-order chi connectivity index (χ0) is 16.6. The van der Waals surface area contributed by atoms with Crippen LogP contribution in [0.15, 0.2) is 11.6 Å². The van der Waals surface area contributed by atoms with E-state index in [-0.39, 0.29) is 18.7 Å². The molecule has 0 aromatic heterocycles. The number of hydrogen-bond acceptors (Lipinski definition) is 6. The average Bonchev–Trinajstić information content (AvgIpc) is 3.28. The first-order valence-corrected chi connectivity index (χ1v) is 8.25. The van der Waals surface area contributed by atoms with Gasteiger partial charge in [0.2, 0.25) is 0 Å². The van der Waals surface area contributed by atoms with Crippen LogP contribution in [0.3, 0.4) is 0 Å². The number of esters is 1. The van der Waals surface area contributed by atoms with Crippen molar-refractivity contribution >= 4 is 5.97 Å². The van der Waals surface area contributed by atoms with Crippen molar-refractivity contribution in [2.45, 2.75) is 63.6 Å². The van der Waals surface area contributed by atoms with Gasteiger partial charge in [-0.1, -0.05) is 18.6 Å². The summed E-state index contributed by atoms with van der Waals surface area (Å²) < 4.78 is 17.4. The van der Waals surface area contributed by atoms with Crippen LogP contribution < -0.4 is 0 Å². The molecule has 2 saturated heterocycles. The minimum absolute atomic E-state index is 0.162. The van der Waals surface area contributed by atoms with Gasteiger partial charge in [-0.2, -0.15) is 0 Å². The van der Waals surface area contributed by atoms with Crippen molar-refractivity contribution in [1.82, 2.24) is 0 Å². The molecule has 2 aliphatic heterocycles. The second-order valence-corrected chi connectivity index (χ2v) is 7.74. The highest BCUT2D eigenvalue weighted by molar-refractivity contribution is 5.66. The van der Waals surface area contributed by atoms with Gasteiger partial charge in [-0.15, -0.1) is 0 Å². The Morgan fingerprint density at radius 3 is 2.78 bits per heavy atom. The van der Waals surface area contributed by atoms with Crippen LogP contribution in [0, 0.1) is 10.8 Å². The molecule has 0 amide bonds. The summed E-state index contributed by atoms with van der Waals surface area (Å²) in [6.45, 7) is 6.01. The largest absolute Gasteiger partial charge is 0.465 e. The molecule has 23 heavy (non-hydrogen) atoms. The van der Waals surface area contributed by atoms with E-state index in [1.807, 2.05) is 13.8 Å². The van der Waals surface area contributed by atoms with E-state index >= 15 is 0 Å². The first-order chi connectivity index (χ1) is 10.8. The number of ether oxygens (including phenoxy) is 3. The standard InChI is InChI=1S/C17H24O6/c1-9-4-5-16(7-21-10(2)18)11(6-9)23-14-12(19)13(20)15(16,3)17(14)8-22-17/h6,11-14,19-20H,4-5,7-8H2,1-3H3/t11-,12?,13?,14-,15-,16-,17+/m1/s1. The van der Waals surface area contributed by atoms with Crippen molar-refractivity contribution < 1.29 is 29.2 Å². The molecule has 0 aromatic rings. The molecule has 2 heterocycles. The molecule has 2 unspecified atom stereocenters. The fourth-order valence-electron chi connectivity index (χ4n) is 5.26. The molecule has 2 bridgehead atoms. The van der Waals surface area contributed by atoms with Crippen LogP contribution in [-0.2, 0) is 19.0 Å². The van der Waals surface area contributed by atoms with Gasteiger partial charge >= 0.3 is 5.97 Å². The summed E-state index contributed by atoms with van der Waals surface area (Å²) in [5.74, 6) is -0.353. The normalized spacial score (nSPS) is 53.7. The summed E-state index contributed by atoms with van der Waals surface area (Å²) in [7, 11) is 0. The molecule has 6 nitrogen and oxygen atoms in total. The Morgan fingerprint density at radius 2 is 2.17 bits per heavy atom. The van der Waals surface area contributed by atoms with Gasteiger partial charge in [-0.3, -0.25) is 4.79 Å². The lowest BCUT2D eigenvalue weighted by molar-refractivity contribution is -0.230. The molecule has 128 valence electrons. The second-order valence-electron chi connectivity index (χ2n) is 7.74. The molecule has 1 spiro atoms. The Labute approximate surface area is 135 Å². The maximum absolute atomic E-state index is 11.4. The van der Waals surface area contributed by atoms with Crippen LogP contribution in [0.5, 0.6) is 0 Å². The molecule has 4 aliphatic rings. The zero-order valence-electron chi connectivity index (χ0n) is 13.7. The maximum Gasteiger partial charge on any atom is 0.302 e. The molecule has 0 aromatic carbocycles. The second kappa shape index (κ2) is 4.57. The van der Waals surface area contributed by atoms with Crippen LogP contribution in [0.1, 0.15) is 33.6 Å². The van der Waals surface area contributed by atoms with E-state index in [0.717, 1.165) is 12.8 Å². The van der Waals surface area contributed by atoms with Gasteiger partial charge < -0.3 is 24.4 Å². The number of aliphatic hydroxyl groups excluding tert-OH is 2. The minimum atomic E-state index is -0.990. The number of epoxide rings is 1. The highest BCUT2D eigenvalue weighted by atomic mass is 16.6. The lowest BCUT2D eigenvalue weighted by Gasteiger charge is -2.57. The Morgan fingerprint density at radius 1 is 1.48 bits per heavy atom. The summed E-state index contributed by atoms with van der Waals surface area (Å²) >= 11 is 0. The Hall–Kier alpha value is -0.950. The van der Waals surface area contributed by atoms with E-state index < -0.39 is 34.7 Å². The molecule has 7 atom stereocenters. The minimum Gasteiger partial charge on any atom is -0.465 e. The number of aliphatic hydroxyl groups is 2. The molecule has 4 rings (SSSR count). The zero-order valence-corrected chi connectivity index (χ0v) is 13.7. The third-order valence-electron chi connectivity index (χ3n) is 6.83. The third-order valence-corrected chi connectivity index (χ3v) is 6.83. The van der Waals surface area contributed by atoms with Crippen molar-refractivity contribution in [3.05, 3.63) is 11.6 Å². The predicted molar refractivity (Wildman–Crippen MR) is 79.5 cm³/mol. The first-order valence-electron chi connectivity index (χ1n) is 8.25. The number of hydrogen-bond donors (Lipinski definition) is 2. The van der Waals surface area contributed by atoms with Gasteiger partial charge in [-0.05, 0) is 19.8 Å². The number of rotatable bonds is 2. The smallest absolute Gasteiger partial charge is 0.302 e. The fraction of sp³-hybridized carbons (Fsp3) is 0.824. The van der Waals surface area contributed by atoms with Crippen molar-refractivity contribution in [3.8, 4) is 0 Å². The Balaban J connectivity index is 1.85. The molecular formula is C17H24O6. The van der Waals surface area contributed by atoms with Gasteiger partial charge in [0.15, 0.2) is 0 Å². The average molecular weight is 324 g/mol. The molecule has 1 saturated carbocycles. The molecular weight excluding hydrogens is 300 g/mol. The van der Waals surface area contributed by atoms with Gasteiger partial charge in [0.1, 0.15) is 24.4 Å². The van der Waals surface area contributed by atoms with Gasteiger partial charge in [-0.25, -0.2) is 0 Å². The highest BCUT2D eigenvalue weighted by Gasteiger charge is 2.84. The third kappa shape index (κ3) is 1.65.